The quantitative estimate of drug-likeness (QED) is 0.555. The van der Waals surface area contributed by atoms with Crippen LogP contribution in [0.4, 0.5) is 0 Å². The summed E-state index contributed by atoms with van der Waals surface area (Å²) < 4.78 is 0. The topological polar surface area (TPSA) is 101 Å². The average Bonchev–Trinajstić information content (AvgIpc) is 2.39. The normalized spacial score (nSPS) is 11.1. The maximum atomic E-state index is 9.80. The highest BCUT2D eigenvalue weighted by Crippen LogP contribution is 2.30. The second kappa shape index (κ2) is 6.19. The first-order valence-corrected chi connectivity index (χ1v) is 6.36. The molecule has 0 fully saturated rings. The number of phenols is 4. The summed E-state index contributed by atoms with van der Waals surface area (Å²) in [7, 11) is 0. The Bertz CT molecular complexity index is 633. The Kier molecular flexibility index (Phi) is 4.35. The van der Waals surface area contributed by atoms with Gasteiger partial charge in [0, 0.05) is 24.7 Å². The Morgan fingerprint density at radius 3 is 1.67 bits per heavy atom. The molecule has 2 aromatic rings. The molecule has 0 atom stereocenters. The van der Waals surface area contributed by atoms with E-state index < -0.39 is 0 Å². The van der Waals surface area contributed by atoms with Crippen LogP contribution in [0.25, 0.3) is 12.2 Å². The van der Waals surface area contributed by atoms with Gasteiger partial charge >= 0.3 is 0 Å². The molecule has 0 amide bonds. The molecule has 0 spiro atoms. The third-order valence-electron chi connectivity index (χ3n) is 2.98. The second-order valence-electron chi connectivity index (χ2n) is 4.63. The van der Waals surface area contributed by atoms with Gasteiger partial charge in [0.25, 0.3) is 0 Å². The fraction of sp³-hybridized carbons (Fsp3) is 0.125. The lowest BCUT2D eigenvalue weighted by molar-refractivity contribution is 0.294. The zero-order chi connectivity index (χ0) is 15.4. The van der Waals surface area contributed by atoms with Crippen molar-refractivity contribution < 1.29 is 25.5 Å². The lowest BCUT2D eigenvalue weighted by Gasteiger charge is -2.07. The Hall–Kier alpha value is -2.66. The minimum Gasteiger partial charge on any atom is -0.508 e. The van der Waals surface area contributed by atoms with Gasteiger partial charge in [-0.25, -0.2) is 0 Å². The van der Waals surface area contributed by atoms with Crippen LogP contribution in [0.3, 0.4) is 0 Å². The van der Waals surface area contributed by atoms with Gasteiger partial charge in [0.1, 0.15) is 23.0 Å². The number of hydrogen-bond donors (Lipinski definition) is 5. The second-order valence-corrected chi connectivity index (χ2v) is 4.63. The van der Waals surface area contributed by atoms with Crippen molar-refractivity contribution in [3.05, 3.63) is 47.0 Å². The largest absolute Gasteiger partial charge is 0.508 e. The lowest BCUT2D eigenvalue weighted by Crippen LogP contribution is -1.92. The first-order chi connectivity index (χ1) is 9.99. The predicted molar refractivity (Wildman–Crippen MR) is 79.3 cm³/mol. The molecule has 0 aromatic heterocycles. The molecule has 2 aromatic carbocycles. The van der Waals surface area contributed by atoms with E-state index in [0.717, 1.165) is 0 Å². The summed E-state index contributed by atoms with van der Waals surface area (Å²) >= 11 is 0. The Labute approximate surface area is 121 Å². The fourth-order valence-corrected chi connectivity index (χ4v) is 2.03. The summed E-state index contributed by atoms with van der Waals surface area (Å²) in [5.74, 6) is -0.304. The molecule has 2 rings (SSSR count). The van der Waals surface area contributed by atoms with Gasteiger partial charge in [-0.3, -0.25) is 0 Å². The van der Waals surface area contributed by atoms with Gasteiger partial charge in [-0.1, -0.05) is 12.2 Å². The van der Waals surface area contributed by atoms with Crippen LogP contribution in [0.15, 0.2) is 30.3 Å². The predicted octanol–water partition coefficient (Wildman–Crippen LogP) is 2.21. The third-order valence-corrected chi connectivity index (χ3v) is 2.98. The lowest BCUT2D eigenvalue weighted by atomic mass is 10.0. The van der Waals surface area contributed by atoms with Crippen molar-refractivity contribution in [2.45, 2.75) is 6.42 Å². The van der Waals surface area contributed by atoms with Crippen molar-refractivity contribution in [1.82, 2.24) is 0 Å². The fourth-order valence-electron chi connectivity index (χ4n) is 2.03. The maximum Gasteiger partial charge on any atom is 0.123 e. The molecule has 21 heavy (non-hydrogen) atoms. The van der Waals surface area contributed by atoms with E-state index in [9.17, 15) is 20.4 Å². The molecule has 5 nitrogen and oxygen atoms in total. The zero-order valence-corrected chi connectivity index (χ0v) is 11.2. The van der Waals surface area contributed by atoms with Crippen LogP contribution in [0.2, 0.25) is 0 Å². The summed E-state index contributed by atoms with van der Waals surface area (Å²) in [4.78, 5) is 0. The van der Waals surface area contributed by atoms with E-state index in [1.54, 1.807) is 12.2 Å². The number of aliphatic hydroxyl groups excluding tert-OH is 1. The first kappa shape index (κ1) is 14.7. The summed E-state index contributed by atoms with van der Waals surface area (Å²) in [6.45, 7) is -0.168. The summed E-state index contributed by atoms with van der Waals surface area (Å²) in [6, 6.07) is 7.08. The molecule has 5 N–H and O–H groups in total. The van der Waals surface area contributed by atoms with E-state index in [1.807, 2.05) is 0 Å². The number of phenolic OH excluding ortho intramolecular Hbond substituents is 4. The van der Waals surface area contributed by atoms with Gasteiger partial charge in [-0.05, 0) is 35.4 Å². The Balaban J connectivity index is 2.29. The van der Waals surface area contributed by atoms with Gasteiger partial charge in [-0.15, -0.1) is 0 Å². The highest BCUT2D eigenvalue weighted by atomic mass is 16.3. The van der Waals surface area contributed by atoms with E-state index in [1.165, 1.54) is 30.3 Å². The van der Waals surface area contributed by atoms with Crippen molar-refractivity contribution in [2.75, 3.05) is 6.61 Å². The SMILES string of the molecule is OCCc1c(O)cc(/C=C/c2cc(O)cc(O)c2)cc1O. The average molecular weight is 288 g/mol. The summed E-state index contributed by atoms with van der Waals surface area (Å²) in [5, 5.41) is 47.2. The molecule has 0 aliphatic rings. The van der Waals surface area contributed by atoms with Crippen molar-refractivity contribution in [3.63, 3.8) is 0 Å². The molecule has 0 aliphatic carbocycles. The van der Waals surface area contributed by atoms with E-state index >= 15 is 0 Å². The van der Waals surface area contributed by atoms with E-state index in [-0.39, 0.29) is 36.0 Å². The van der Waals surface area contributed by atoms with Crippen molar-refractivity contribution >= 4 is 12.2 Å². The molecule has 110 valence electrons. The Morgan fingerprint density at radius 1 is 0.714 bits per heavy atom. The number of benzene rings is 2. The summed E-state index contributed by atoms with van der Waals surface area (Å²) in [5.41, 5.74) is 1.42. The highest BCUT2D eigenvalue weighted by molar-refractivity contribution is 5.72. The van der Waals surface area contributed by atoms with Crippen LogP contribution < -0.4 is 0 Å². The van der Waals surface area contributed by atoms with Crippen LogP contribution in [0, 0.1) is 0 Å². The monoisotopic (exact) mass is 288 g/mol. The number of rotatable bonds is 4. The zero-order valence-electron chi connectivity index (χ0n) is 11.2. The molecule has 0 aliphatic heterocycles. The van der Waals surface area contributed by atoms with Crippen LogP contribution in [0.1, 0.15) is 16.7 Å². The molecule has 0 saturated heterocycles. The van der Waals surface area contributed by atoms with E-state index in [0.29, 0.717) is 16.7 Å². The van der Waals surface area contributed by atoms with Gasteiger partial charge in [0.05, 0.1) is 0 Å². The van der Waals surface area contributed by atoms with Crippen LogP contribution >= 0.6 is 0 Å². The standard InChI is InChI=1S/C16H16O5/c17-4-3-14-15(20)7-11(8-16(14)21)2-1-10-5-12(18)9-13(19)6-10/h1-2,5-9,17-21H,3-4H2/b2-1+. The van der Waals surface area contributed by atoms with Crippen LogP contribution in [0.5, 0.6) is 23.0 Å². The number of aromatic hydroxyl groups is 4. The smallest absolute Gasteiger partial charge is 0.123 e. The van der Waals surface area contributed by atoms with Crippen molar-refractivity contribution in [3.8, 4) is 23.0 Å². The minimum atomic E-state index is -0.168. The Morgan fingerprint density at radius 2 is 1.19 bits per heavy atom. The van der Waals surface area contributed by atoms with Crippen molar-refractivity contribution in [2.24, 2.45) is 0 Å². The van der Waals surface area contributed by atoms with Crippen LogP contribution in [-0.2, 0) is 6.42 Å². The molecular weight excluding hydrogens is 272 g/mol. The van der Waals surface area contributed by atoms with Gasteiger partial charge in [0.2, 0.25) is 0 Å². The number of hydrogen-bond acceptors (Lipinski definition) is 5. The summed E-state index contributed by atoms with van der Waals surface area (Å²) in [6.07, 6.45) is 3.41. The molecule has 0 bridgehead atoms. The van der Waals surface area contributed by atoms with Gasteiger partial charge < -0.3 is 25.5 Å². The van der Waals surface area contributed by atoms with Gasteiger partial charge in [0.15, 0.2) is 0 Å². The maximum absolute atomic E-state index is 9.80. The van der Waals surface area contributed by atoms with Gasteiger partial charge in [-0.2, -0.15) is 0 Å². The minimum absolute atomic E-state index is 0.0568. The van der Waals surface area contributed by atoms with E-state index in [4.69, 9.17) is 5.11 Å². The molecule has 5 heteroatoms. The van der Waals surface area contributed by atoms with E-state index in [2.05, 4.69) is 0 Å². The van der Waals surface area contributed by atoms with Crippen LogP contribution in [-0.4, -0.2) is 32.1 Å². The third kappa shape index (κ3) is 3.67. The van der Waals surface area contributed by atoms with Crippen molar-refractivity contribution in [1.29, 1.82) is 0 Å². The molecular formula is C16H16O5. The number of aliphatic hydroxyl groups is 1. The molecule has 0 saturated carbocycles. The molecule has 0 heterocycles. The molecule has 0 radical (unpaired) electrons. The highest BCUT2D eigenvalue weighted by Gasteiger charge is 2.08. The first-order valence-electron chi connectivity index (χ1n) is 6.36. The molecule has 0 unspecified atom stereocenters.